The molecule has 0 aromatic heterocycles. The normalized spacial score (nSPS) is 45.4. The Kier molecular flexibility index (Phi) is 7.44. The van der Waals surface area contributed by atoms with Gasteiger partial charge >= 0.3 is 5.97 Å². The van der Waals surface area contributed by atoms with Gasteiger partial charge < -0.3 is 9.84 Å². The van der Waals surface area contributed by atoms with Crippen LogP contribution in [0.5, 0.6) is 0 Å². The molecule has 0 unspecified atom stereocenters. The van der Waals surface area contributed by atoms with Crippen LogP contribution in [0.1, 0.15) is 78.6 Å². The molecule has 5 aliphatic carbocycles. The predicted octanol–water partition coefficient (Wildman–Crippen LogP) is 5.99. The zero-order chi connectivity index (χ0) is 28.4. The molecule has 5 nitrogen and oxygen atoms in total. The van der Waals surface area contributed by atoms with Gasteiger partial charge in [-0.2, -0.15) is 0 Å². The van der Waals surface area contributed by atoms with Crippen LogP contribution < -0.4 is 0 Å². The van der Waals surface area contributed by atoms with Crippen LogP contribution in [0.4, 0.5) is 13.2 Å². The van der Waals surface area contributed by atoms with Crippen LogP contribution in [0, 0.1) is 34.5 Å². The van der Waals surface area contributed by atoms with Gasteiger partial charge in [0.2, 0.25) is 5.12 Å². The number of hydrogen-bond donors (Lipinski definition) is 1. The number of hydrogen-bond acceptors (Lipinski definition) is 6. The van der Waals surface area contributed by atoms with Crippen LogP contribution in [0.3, 0.4) is 0 Å². The number of aliphatic hydroxyl groups is 1. The highest BCUT2D eigenvalue weighted by atomic mass is 32.2. The van der Waals surface area contributed by atoms with Gasteiger partial charge in [0.1, 0.15) is 12.2 Å². The fraction of sp³-hybridized carbons (Fsp3) is 0.767. The molecule has 4 fully saturated rings. The number of ketones is 1. The Morgan fingerprint density at radius 3 is 2.54 bits per heavy atom. The van der Waals surface area contributed by atoms with E-state index in [0.717, 1.165) is 31.8 Å². The number of ether oxygens (including phenoxy) is 1. The number of fused-ring (bicyclic) bond motifs is 5. The Bertz CT molecular complexity index is 1100. The van der Waals surface area contributed by atoms with Crippen LogP contribution >= 0.6 is 11.8 Å². The van der Waals surface area contributed by atoms with Gasteiger partial charge in [0, 0.05) is 29.1 Å². The van der Waals surface area contributed by atoms with Gasteiger partial charge in [0.15, 0.2) is 17.1 Å². The van der Waals surface area contributed by atoms with Crippen molar-refractivity contribution in [2.45, 2.75) is 102 Å². The average Bonchev–Trinajstić information content (AvgIpc) is 3.47. The molecule has 9 heteroatoms. The van der Waals surface area contributed by atoms with Crippen molar-refractivity contribution in [3.63, 3.8) is 0 Å². The molecule has 39 heavy (non-hydrogen) atoms. The van der Waals surface area contributed by atoms with E-state index in [1.54, 1.807) is 13.8 Å². The molecule has 0 saturated heterocycles. The molecule has 9 atom stereocenters. The SMILES string of the molecule is C[C@@H]1C[C@H]2[C@@H]3C[C@H](F)C4=CC(=O)C=C[C@]4(C)[C@@]3(F)[C@@H](O)C[C@]2(C)[C@@]1(OC(=O)CCC1CCCC1)C(=O)SCF. The minimum Gasteiger partial charge on any atom is -0.449 e. The molecule has 5 aliphatic rings. The lowest BCUT2D eigenvalue weighted by Crippen LogP contribution is -2.70. The number of allylic oxidation sites excluding steroid dienone is 4. The first-order valence-corrected chi connectivity index (χ1v) is 15.2. The summed E-state index contributed by atoms with van der Waals surface area (Å²) in [6, 6.07) is -1.01. The van der Waals surface area contributed by atoms with E-state index in [4.69, 9.17) is 4.74 Å². The van der Waals surface area contributed by atoms with E-state index in [9.17, 15) is 23.9 Å². The first kappa shape index (κ1) is 28.9. The maximum Gasteiger partial charge on any atom is 0.306 e. The highest BCUT2D eigenvalue weighted by Gasteiger charge is 2.78. The maximum absolute atomic E-state index is 17.4. The second-order valence-corrected chi connectivity index (χ2v) is 13.8. The quantitative estimate of drug-likeness (QED) is 0.397. The van der Waals surface area contributed by atoms with Crippen molar-refractivity contribution in [3.05, 3.63) is 23.8 Å². The molecule has 5 rings (SSSR count). The highest BCUT2D eigenvalue weighted by Crippen LogP contribution is 2.72. The molecule has 216 valence electrons. The molecule has 0 aromatic rings. The Morgan fingerprint density at radius 2 is 1.87 bits per heavy atom. The molecule has 0 aliphatic heterocycles. The Balaban J connectivity index is 1.53. The van der Waals surface area contributed by atoms with E-state index in [1.807, 2.05) is 0 Å². The summed E-state index contributed by atoms with van der Waals surface area (Å²) in [6.07, 6.45) is 5.41. The summed E-state index contributed by atoms with van der Waals surface area (Å²) in [6.45, 7) is 4.98. The molecule has 0 spiro atoms. The number of aliphatic hydroxyl groups excluding tert-OH is 1. The van der Waals surface area contributed by atoms with Crippen molar-refractivity contribution in [1.29, 1.82) is 0 Å². The average molecular weight is 569 g/mol. The number of halogens is 3. The first-order valence-electron chi connectivity index (χ1n) is 14.3. The third-order valence-electron chi connectivity index (χ3n) is 11.2. The lowest BCUT2D eigenvalue weighted by Gasteiger charge is -2.63. The number of rotatable bonds is 6. The lowest BCUT2D eigenvalue weighted by molar-refractivity contribution is -0.228. The third kappa shape index (κ3) is 4.03. The topological polar surface area (TPSA) is 80.7 Å². The fourth-order valence-corrected chi connectivity index (χ4v) is 10.0. The zero-order valence-electron chi connectivity index (χ0n) is 22.9. The van der Waals surface area contributed by atoms with Crippen LogP contribution in [0.25, 0.3) is 0 Å². The number of carbonyl (C=O) groups excluding carboxylic acids is 3. The summed E-state index contributed by atoms with van der Waals surface area (Å²) in [5, 5.41) is 10.9. The minimum atomic E-state index is -2.30. The second-order valence-electron chi connectivity index (χ2n) is 12.9. The van der Waals surface area contributed by atoms with Crippen LogP contribution in [-0.2, 0) is 19.1 Å². The number of esters is 1. The van der Waals surface area contributed by atoms with Crippen molar-refractivity contribution >= 4 is 28.6 Å². The molecule has 0 radical (unpaired) electrons. The van der Waals surface area contributed by atoms with E-state index in [2.05, 4.69) is 0 Å². The van der Waals surface area contributed by atoms with E-state index in [0.29, 0.717) is 24.1 Å². The summed E-state index contributed by atoms with van der Waals surface area (Å²) >= 11 is 0.429. The minimum absolute atomic E-state index is 0.0242. The Morgan fingerprint density at radius 1 is 1.18 bits per heavy atom. The molecule has 0 amide bonds. The van der Waals surface area contributed by atoms with Crippen molar-refractivity contribution in [2.24, 2.45) is 34.5 Å². The number of carbonyl (C=O) groups is 3. The van der Waals surface area contributed by atoms with E-state index < -0.39 is 75.0 Å². The lowest BCUT2D eigenvalue weighted by atomic mass is 9.44. The summed E-state index contributed by atoms with van der Waals surface area (Å²) in [7, 11) is 0. The Hall–Kier alpha value is -1.61. The fourth-order valence-electron chi connectivity index (χ4n) is 9.23. The van der Waals surface area contributed by atoms with Crippen molar-refractivity contribution in [3.8, 4) is 0 Å². The van der Waals surface area contributed by atoms with Crippen LogP contribution in [0.15, 0.2) is 23.8 Å². The number of thioether (sulfide) groups is 1. The molecule has 0 heterocycles. The molecule has 0 aromatic carbocycles. The van der Waals surface area contributed by atoms with E-state index >= 15 is 8.78 Å². The van der Waals surface area contributed by atoms with Gasteiger partial charge in [0.05, 0.1) is 6.10 Å². The summed E-state index contributed by atoms with van der Waals surface area (Å²) in [5.41, 5.74) is -6.84. The van der Waals surface area contributed by atoms with Gasteiger partial charge in [-0.05, 0) is 73.9 Å². The highest BCUT2D eigenvalue weighted by molar-refractivity contribution is 8.13. The smallest absolute Gasteiger partial charge is 0.306 e. The molecular formula is C30H39F3O5S. The second kappa shape index (κ2) is 10.0. The van der Waals surface area contributed by atoms with Gasteiger partial charge in [-0.15, -0.1) is 0 Å². The van der Waals surface area contributed by atoms with E-state index in [-0.39, 0.29) is 31.3 Å². The van der Waals surface area contributed by atoms with Crippen molar-refractivity contribution in [1.82, 2.24) is 0 Å². The number of alkyl halides is 3. The zero-order valence-corrected chi connectivity index (χ0v) is 23.7. The van der Waals surface area contributed by atoms with Crippen molar-refractivity contribution < 1.29 is 37.4 Å². The Labute approximate surface area is 232 Å². The van der Waals surface area contributed by atoms with Gasteiger partial charge in [-0.25, -0.2) is 13.2 Å². The van der Waals surface area contributed by atoms with Gasteiger partial charge in [0.25, 0.3) is 0 Å². The largest absolute Gasteiger partial charge is 0.449 e. The molecule has 0 bridgehead atoms. The van der Waals surface area contributed by atoms with Crippen LogP contribution in [0.2, 0.25) is 0 Å². The summed E-state index contributed by atoms with van der Waals surface area (Å²) < 4.78 is 52.8. The van der Waals surface area contributed by atoms with E-state index in [1.165, 1.54) is 19.1 Å². The van der Waals surface area contributed by atoms with Crippen LogP contribution in [-0.4, -0.2) is 51.5 Å². The van der Waals surface area contributed by atoms with Gasteiger partial charge in [-0.3, -0.25) is 14.4 Å². The molecule has 1 N–H and O–H groups in total. The van der Waals surface area contributed by atoms with Gasteiger partial charge in [-0.1, -0.05) is 45.6 Å². The summed E-state index contributed by atoms with van der Waals surface area (Å²) in [5.74, 6) is -2.75. The maximum atomic E-state index is 17.4. The summed E-state index contributed by atoms with van der Waals surface area (Å²) in [4.78, 5) is 39.0. The molecule has 4 saturated carbocycles. The monoisotopic (exact) mass is 568 g/mol. The standard InChI is InChI=1S/C30H39F3O5S/c1-17-12-20-21-14-23(32)22-13-19(34)10-11-27(22,2)29(21,33)24(35)15-28(20,3)30(17,26(37)39-16-31)38-25(36)9-8-18-6-4-5-7-18/h10-11,13,17-18,20-21,23-24,35H,4-9,12,14-16H2,1-3H3/t17-,20+,21+,23+,24+,27+,28+,29+,30+/m1/s1. The molecular weight excluding hydrogens is 529 g/mol. The van der Waals surface area contributed by atoms with Crippen molar-refractivity contribution in [2.75, 3.05) is 6.01 Å². The first-order chi connectivity index (χ1) is 18.3. The third-order valence-corrected chi connectivity index (χ3v) is 11.8. The predicted molar refractivity (Wildman–Crippen MR) is 142 cm³/mol.